The first-order chi connectivity index (χ1) is 8.79. The van der Waals surface area contributed by atoms with Crippen molar-refractivity contribution in [1.82, 2.24) is 4.90 Å². The number of fused-ring (bicyclic) bond motifs is 12. The summed E-state index contributed by atoms with van der Waals surface area (Å²) >= 11 is 0. The highest BCUT2D eigenvalue weighted by Gasteiger charge is 2.21. The molecule has 0 amide bonds. The molecular weight excluding hydrogens is 220 g/mol. The molecule has 3 fully saturated rings. The van der Waals surface area contributed by atoms with Gasteiger partial charge in [-0.1, -0.05) is 0 Å². The standard InChI is InChI=1S/C16H33N2/c1-18-14-8-2-5-11-17(12-6-3-9-15-18)13-7-4-10-16-18/h2-16H2,1H3/q+1. The van der Waals surface area contributed by atoms with Gasteiger partial charge in [0, 0.05) is 0 Å². The Balaban J connectivity index is 1.99. The van der Waals surface area contributed by atoms with Crippen molar-refractivity contribution in [3.63, 3.8) is 0 Å². The molecular formula is C16H33N2+. The highest BCUT2D eigenvalue weighted by atomic mass is 15.3. The molecule has 106 valence electrons. The lowest BCUT2D eigenvalue weighted by molar-refractivity contribution is -0.910. The third kappa shape index (κ3) is 4.89. The van der Waals surface area contributed by atoms with Gasteiger partial charge in [0.2, 0.25) is 0 Å². The van der Waals surface area contributed by atoms with E-state index in [2.05, 4.69) is 11.9 Å². The van der Waals surface area contributed by atoms with Crippen molar-refractivity contribution in [2.45, 2.75) is 57.8 Å². The maximum atomic E-state index is 2.75. The average molecular weight is 253 g/mol. The summed E-state index contributed by atoms with van der Waals surface area (Å²) in [4.78, 5) is 2.75. The molecule has 0 spiro atoms. The van der Waals surface area contributed by atoms with Gasteiger partial charge in [-0.3, -0.25) is 0 Å². The minimum absolute atomic E-state index is 1.36. The van der Waals surface area contributed by atoms with Crippen LogP contribution < -0.4 is 0 Å². The zero-order chi connectivity index (χ0) is 12.7. The maximum absolute atomic E-state index is 2.75. The molecule has 3 saturated heterocycles. The molecule has 3 heterocycles. The first-order valence-corrected chi connectivity index (χ1v) is 8.34. The van der Waals surface area contributed by atoms with Crippen LogP contribution in [-0.4, -0.2) is 55.7 Å². The Kier molecular flexibility index (Phi) is 5.97. The lowest BCUT2D eigenvalue weighted by Crippen LogP contribution is -2.46. The van der Waals surface area contributed by atoms with Gasteiger partial charge in [0.05, 0.1) is 26.7 Å². The number of hydrogen-bond donors (Lipinski definition) is 0. The van der Waals surface area contributed by atoms with Crippen molar-refractivity contribution >= 4 is 0 Å². The van der Waals surface area contributed by atoms with Crippen molar-refractivity contribution in [3.05, 3.63) is 0 Å². The molecule has 0 unspecified atom stereocenters. The van der Waals surface area contributed by atoms with E-state index in [1.165, 1.54) is 102 Å². The lowest BCUT2D eigenvalue weighted by Gasteiger charge is -2.36. The number of hydrogen-bond acceptors (Lipinski definition) is 1. The second-order valence-electron chi connectivity index (χ2n) is 6.81. The smallest absolute Gasteiger partial charge is 0.0784 e. The van der Waals surface area contributed by atoms with Crippen LogP contribution >= 0.6 is 0 Å². The first-order valence-electron chi connectivity index (χ1n) is 8.34. The van der Waals surface area contributed by atoms with Gasteiger partial charge < -0.3 is 9.38 Å². The summed E-state index contributed by atoms with van der Waals surface area (Å²) in [5.74, 6) is 0. The van der Waals surface area contributed by atoms with Gasteiger partial charge in [-0.05, 0) is 77.4 Å². The van der Waals surface area contributed by atoms with Gasteiger partial charge in [-0.25, -0.2) is 0 Å². The lowest BCUT2D eigenvalue weighted by atomic mass is 10.1. The third-order valence-electron chi connectivity index (χ3n) is 5.02. The Labute approximate surface area is 114 Å². The Morgan fingerprint density at radius 1 is 0.556 bits per heavy atom. The summed E-state index contributed by atoms with van der Waals surface area (Å²) in [6.45, 7) is 8.39. The molecule has 0 atom stereocenters. The van der Waals surface area contributed by atoms with Crippen LogP contribution in [0.25, 0.3) is 0 Å². The fraction of sp³-hybridized carbons (Fsp3) is 1.00. The minimum Gasteiger partial charge on any atom is -0.326 e. The van der Waals surface area contributed by atoms with Gasteiger partial charge >= 0.3 is 0 Å². The minimum atomic E-state index is 1.36. The molecule has 0 aliphatic carbocycles. The van der Waals surface area contributed by atoms with Crippen LogP contribution in [0.3, 0.4) is 0 Å². The monoisotopic (exact) mass is 253 g/mol. The van der Waals surface area contributed by atoms with Crippen molar-refractivity contribution in [3.8, 4) is 0 Å². The molecule has 2 bridgehead atoms. The van der Waals surface area contributed by atoms with Crippen LogP contribution in [0.4, 0.5) is 0 Å². The van der Waals surface area contributed by atoms with Crippen LogP contribution in [0, 0.1) is 0 Å². The second kappa shape index (κ2) is 7.49. The zero-order valence-corrected chi connectivity index (χ0v) is 12.5. The van der Waals surface area contributed by atoms with E-state index in [-0.39, 0.29) is 0 Å². The van der Waals surface area contributed by atoms with Gasteiger partial charge in [0.1, 0.15) is 0 Å². The molecule has 0 N–H and O–H groups in total. The molecule has 0 aromatic heterocycles. The Morgan fingerprint density at radius 3 is 1.33 bits per heavy atom. The molecule has 0 aromatic carbocycles. The predicted octanol–water partition coefficient (Wildman–Crippen LogP) is 3.27. The van der Waals surface area contributed by atoms with E-state index in [1.54, 1.807) is 0 Å². The summed E-state index contributed by atoms with van der Waals surface area (Å²) in [6, 6.07) is 0. The normalized spacial score (nSPS) is 36.8. The van der Waals surface area contributed by atoms with Gasteiger partial charge in [0.25, 0.3) is 0 Å². The summed E-state index contributed by atoms with van der Waals surface area (Å²) in [5, 5.41) is 0. The Hall–Kier alpha value is -0.0800. The number of nitrogens with zero attached hydrogens (tertiary/aromatic N) is 2. The van der Waals surface area contributed by atoms with Crippen molar-refractivity contribution < 1.29 is 4.48 Å². The largest absolute Gasteiger partial charge is 0.326 e. The molecule has 2 nitrogen and oxygen atoms in total. The molecule has 18 heavy (non-hydrogen) atoms. The van der Waals surface area contributed by atoms with E-state index in [0.29, 0.717) is 0 Å². The van der Waals surface area contributed by atoms with Gasteiger partial charge in [0.15, 0.2) is 0 Å². The first kappa shape index (κ1) is 14.3. The van der Waals surface area contributed by atoms with E-state index >= 15 is 0 Å². The molecule has 3 aliphatic heterocycles. The van der Waals surface area contributed by atoms with Crippen LogP contribution in [0.2, 0.25) is 0 Å². The molecule has 3 rings (SSSR count). The Morgan fingerprint density at radius 2 is 0.944 bits per heavy atom. The van der Waals surface area contributed by atoms with E-state index in [4.69, 9.17) is 0 Å². The molecule has 0 saturated carbocycles. The summed E-state index contributed by atoms with van der Waals surface area (Å²) in [7, 11) is 2.52. The van der Waals surface area contributed by atoms with E-state index in [9.17, 15) is 0 Å². The molecule has 0 aromatic rings. The SMILES string of the molecule is C[N+]12CCCCCN(CCCCC1)CCCCC2. The van der Waals surface area contributed by atoms with E-state index in [0.717, 1.165) is 0 Å². The molecule has 2 heteroatoms. The van der Waals surface area contributed by atoms with Crippen LogP contribution in [0.1, 0.15) is 57.8 Å². The quantitative estimate of drug-likeness (QED) is 0.599. The van der Waals surface area contributed by atoms with E-state index < -0.39 is 0 Å². The summed E-state index contributed by atoms with van der Waals surface area (Å²) in [6.07, 6.45) is 13.0. The average Bonchev–Trinajstić information content (AvgIpc) is 2.32. The number of quaternary nitrogens is 1. The third-order valence-corrected chi connectivity index (χ3v) is 5.02. The number of rotatable bonds is 0. The molecule has 0 radical (unpaired) electrons. The van der Waals surface area contributed by atoms with Crippen molar-refractivity contribution in [2.75, 3.05) is 46.3 Å². The predicted molar refractivity (Wildman–Crippen MR) is 78.8 cm³/mol. The fourth-order valence-corrected chi connectivity index (χ4v) is 3.69. The highest BCUT2D eigenvalue weighted by molar-refractivity contribution is 4.62. The van der Waals surface area contributed by atoms with Crippen LogP contribution in [0.15, 0.2) is 0 Å². The van der Waals surface area contributed by atoms with Gasteiger partial charge in [-0.15, -0.1) is 0 Å². The topological polar surface area (TPSA) is 3.24 Å². The highest BCUT2D eigenvalue weighted by Crippen LogP contribution is 2.16. The van der Waals surface area contributed by atoms with E-state index in [1.807, 2.05) is 0 Å². The maximum Gasteiger partial charge on any atom is 0.0784 e. The van der Waals surface area contributed by atoms with Crippen LogP contribution in [0.5, 0.6) is 0 Å². The summed E-state index contributed by atoms with van der Waals surface area (Å²) < 4.78 is 1.36. The van der Waals surface area contributed by atoms with Crippen LogP contribution in [-0.2, 0) is 0 Å². The zero-order valence-electron chi connectivity index (χ0n) is 12.5. The Bertz CT molecular complexity index is 191. The fourth-order valence-electron chi connectivity index (χ4n) is 3.69. The van der Waals surface area contributed by atoms with Crippen molar-refractivity contribution in [1.29, 1.82) is 0 Å². The summed E-state index contributed by atoms with van der Waals surface area (Å²) in [5.41, 5.74) is 0. The van der Waals surface area contributed by atoms with Crippen molar-refractivity contribution in [2.24, 2.45) is 0 Å². The van der Waals surface area contributed by atoms with Gasteiger partial charge in [-0.2, -0.15) is 0 Å². The molecule has 3 aliphatic rings. The second-order valence-corrected chi connectivity index (χ2v) is 6.81.